The Morgan fingerprint density at radius 1 is 1.38 bits per heavy atom. The summed E-state index contributed by atoms with van der Waals surface area (Å²) in [4.78, 5) is 10.9. The molecule has 2 N–H and O–H groups in total. The highest BCUT2D eigenvalue weighted by Gasteiger charge is 2.27. The van der Waals surface area contributed by atoms with Gasteiger partial charge in [0.25, 0.3) is 0 Å². The van der Waals surface area contributed by atoms with Gasteiger partial charge in [0, 0.05) is 13.1 Å². The summed E-state index contributed by atoms with van der Waals surface area (Å²) in [5.74, 6) is -1.23. The van der Waals surface area contributed by atoms with Crippen molar-refractivity contribution in [1.82, 2.24) is 9.62 Å². The van der Waals surface area contributed by atoms with Crippen LogP contribution in [0.25, 0.3) is 0 Å². The minimum atomic E-state index is -3.44. The number of hydrogen-bond donors (Lipinski definition) is 2. The number of carboxylic acids is 1. The molecule has 0 aliphatic carbocycles. The van der Waals surface area contributed by atoms with E-state index in [1.807, 2.05) is 0 Å². The summed E-state index contributed by atoms with van der Waals surface area (Å²) in [5.41, 5.74) is 0.600. The Kier molecular flexibility index (Phi) is 4.97. The molecule has 0 amide bonds. The highest BCUT2D eigenvalue weighted by atomic mass is 32.2. The maximum atomic E-state index is 12.4. The lowest BCUT2D eigenvalue weighted by atomic mass is 10.1. The van der Waals surface area contributed by atoms with E-state index in [2.05, 4.69) is 5.32 Å². The average Bonchev–Trinajstić information content (AvgIpc) is 2.47. The van der Waals surface area contributed by atoms with Crippen molar-refractivity contribution >= 4 is 16.0 Å². The van der Waals surface area contributed by atoms with Gasteiger partial charge in [-0.1, -0.05) is 12.1 Å². The highest BCUT2D eigenvalue weighted by Crippen LogP contribution is 2.18. The molecule has 1 saturated heterocycles. The van der Waals surface area contributed by atoms with Gasteiger partial charge in [0.05, 0.1) is 11.3 Å². The fourth-order valence-electron chi connectivity index (χ4n) is 2.50. The van der Waals surface area contributed by atoms with E-state index in [-0.39, 0.29) is 17.4 Å². The van der Waals surface area contributed by atoms with E-state index >= 15 is 0 Å². The van der Waals surface area contributed by atoms with Crippen LogP contribution in [-0.2, 0) is 15.8 Å². The number of nitrogens with one attached hydrogen (secondary N) is 1. The van der Waals surface area contributed by atoms with Crippen molar-refractivity contribution in [1.29, 1.82) is 0 Å². The molecule has 1 fully saturated rings. The number of nitrogens with zero attached hydrogens (tertiary/aromatic N) is 1. The maximum Gasteiger partial charge on any atom is 0.335 e. The molecule has 0 spiro atoms. The first kappa shape index (κ1) is 15.9. The Labute approximate surface area is 124 Å². The van der Waals surface area contributed by atoms with Crippen molar-refractivity contribution in [3.05, 3.63) is 35.4 Å². The normalized spacial score (nSPS) is 17.0. The fourth-order valence-corrected chi connectivity index (χ4v) is 3.97. The lowest BCUT2D eigenvalue weighted by Gasteiger charge is -2.30. The van der Waals surface area contributed by atoms with Gasteiger partial charge in [0.2, 0.25) is 10.0 Å². The van der Waals surface area contributed by atoms with Gasteiger partial charge in [-0.2, -0.15) is 0 Å². The first-order valence-corrected chi connectivity index (χ1v) is 8.50. The fraction of sp³-hybridized carbons (Fsp3) is 0.500. The van der Waals surface area contributed by atoms with E-state index in [9.17, 15) is 13.2 Å². The summed E-state index contributed by atoms with van der Waals surface area (Å²) in [5, 5.41) is 12.2. The molecule has 0 radical (unpaired) electrons. The van der Waals surface area contributed by atoms with Crippen LogP contribution in [0.2, 0.25) is 0 Å². The molecule has 6 nitrogen and oxygen atoms in total. The zero-order valence-corrected chi connectivity index (χ0v) is 12.8. The van der Waals surface area contributed by atoms with Crippen molar-refractivity contribution in [2.24, 2.45) is 0 Å². The van der Waals surface area contributed by atoms with E-state index in [0.29, 0.717) is 5.56 Å². The van der Waals surface area contributed by atoms with E-state index in [4.69, 9.17) is 5.11 Å². The van der Waals surface area contributed by atoms with Gasteiger partial charge in [-0.05, 0) is 43.6 Å². The van der Waals surface area contributed by atoms with Gasteiger partial charge in [-0.15, -0.1) is 0 Å². The quantitative estimate of drug-likeness (QED) is 0.843. The lowest BCUT2D eigenvalue weighted by molar-refractivity contribution is 0.0696. The monoisotopic (exact) mass is 312 g/mol. The molecule has 1 aromatic carbocycles. The first-order chi connectivity index (χ1) is 9.90. The maximum absolute atomic E-state index is 12.4. The molecule has 0 saturated carbocycles. The Morgan fingerprint density at radius 2 is 2.05 bits per heavy atom. The van der Waals surface area contributed by atoms with Crippen molar-refractivity contribution in [3.63, 3.8) is 0 Å². The largest absolute Gasteiger partial charge is 0.478 e. The van der Waals surface area contributed by atoms with E-state index in [1.165, 1.54) is 16.4 Å². The van der Waals surface area contributed by atoms with Crippen LogP contribution in [0.3, 0.4) is 0 Å². The minimum absolute atomic E-state index is 0.0129. The predicted octanol–water partition coefficient (Wildman–Crippen LogP) is 0.898. The van der Waals surface area contributed by atoms with Gasteiger partial charge in [0.15, 0.2) is 0 Å². The summed E-state index contributed by atoms with van der Waals surface area (Å²) in [6, 6.07) is 6.09. The van der Waals surface area contributed by atoms with E-state index in [0.717, 1.165) is 25.9 Å². The van der Waals surface area contributed by atoms with Crippen LogP contribution in [0.5, 0.6) is 0 Å². The van der Waals surface area contributed by atoms with Crippen LogP contribution in [0.4, 0.5) is 0 Å². The molecule has 21 heavy (non-hydrogen) atoms. The standard InChI is InChI=1S/C14H20N2O4S/c1-16(13-5-7-15-8-6-13)21(19,20)10-11-3-2-4-12(9-11)14(17)18/h2-4,9,13,15H,5-8,10H2,1H3,(H,17,18). The molecule has 116 valence electrons. The average molecular weight is 312 g/mol. The Bertz CT molecular complexity index is 609. The number of hydrogen-bond acceptors (Lipinski definition) is 4. The van der Waals surface area contributed by atoms with Crippen LogP contribution in [-0.4, -0.2) is 50.0 Å². The molecule has 1 aliphatic heterocycles. The third kappa shape index (κ3) is 4.03. The summed E-state index contributed by atoms with van der Waals surface area (Å²) >= 11 is 0. The molecule has 2 rings (SSSR count). The molecule has 1 aromatic rings. The van der Waals surface area contributed by atoms with Gasteiger partial charge < -0.3 is 10.4 Å². The van der Waals surface area contributed by atoms with Crippen LogP contribution >= 0.6 is 0 Å². The van der Waals surface area contributed by atoms with Gasteiger partial charge in [0.1, 0.15) is 0 Å². The van der Waals surface area contributed by atoms with Gasteiger partial charge in [-0.25, -0.2) is 17.5 Å². The number of sulfonamides is 1. The number of rotatable bonds is 5. The molecule has 0 unspecified atom stereocenters. The molecule has 1 heterocycles. The molecule has 1 aliphatic rings. The Morgan fingerprint density at radius 3 is 2.67 bits per heavy atom. The summed E-state index contributed by atoms with van der Waals surface area (Å²) < 4.78 is 26.3. The lowest BCUT2D eigenvalue weighted by Crippen LogP contribution is -2.44. The van der Waals surface area contributed by atoms with Crippen molar-refractivity contribution in [2.75, 3.05) is 20.1 Å². The molecular formula is C14H20N2O4S. The number of piperidine rings is 1. The summed E-state index contributed by atoms with van der Waals surface area (Å²) in [6.45, 7) is 1.64. The third-order valence-corrected chi connectivity index (χ3v) is 5.66. The molecule has 0 atom stereocenters. The Balaban J connectivity index is 2.12. The predicted molar refractivity (Wildman–Crippen MR) is 79.7 cm³/mol. The third-order valence-electron chi connectivity index (χ3n) is 3.78. The number of carbonyl (C=O) groups is 1. The van der Waals surface area contributed by atoms with Crippen molar-refractivity contribution < 1.29 is 18.3 Å². The van der Waals surface area contributed by atoms with Crippen LogP contribution in [0.1, 0.15) is 28.8 Å². The van der Waals surface area contributed by atoms with Gasteiger partial charge in [-0.3, -0.25) is 0 Å². The zero-order chi connectivity index (χ0) is 15.5. The van der Waals surface area contributed by atoms with Gasteiger partial charge >= 0.3 is 5.97 Å². The zero-order valence-electron chi connectivity index (χ0n) is 11.9. The van der Waals surface area contributed by atoms with Crippen LogP contribution in [0.15, 0.2) is 24.3 Å². The topological polar surface area (TPSA) is 86.7 Å². The second-order valence-electron chi connectivity index (χ2n) is 5.26. The molecule has 0 aromatic heterocycles. The second-order valence-corrected chi connectivity index (χ2v) is 7.29. The number of carboxylic acid groups (broad SMARTS) is 1. The smallest absolute Gasteiger partial charge is 0.335 e. The Hall–Kier alpha value is -1.44. The first-order valence-electron chi connectivity index (χ1n) is 6.89. The minimum Gasteiger partial charge on any atom is -0.478 e. The highest BCUT2D eigenvalue weighted by molar-refractivity contribution is 7.88. The molecule has 0 bridgehead atoms. The molecule has 7 heteroatoms. The van der Waals surface area contributed by atoms with Crippen molar-refractivity contribution in [2.45, 2.75) is 24.6 Å². The second kappa shape index (κ2) is 6.55. The molecular weight excluding hydrogens is 292 g/mol. The van der Waals surface area contributed by atoms with Crippen LogP contribution < -0.4 is 5.32 Å². The van der Waals surface area contributed by atoms with Crippen LogP contribution in [0, 0.1) is 0 Å². The summed E-state index contributed by atoms with van der Waals surface area (Å²) in [6.07, 6.45) is 1.59. The SMILES string of the molecule is CN(C1CCNCC1)S(=O)(=O)Cc1cccc(C(=O)O)c1. The number of aromatic carboxylic acids is 1. The van der Waals surface area contributed by atoms with E-state index in [1.54, 1.807) is 19.2 Å². The van der Waals surface area contributed by atoms with Crippen molar-refractivity contribution in [3.8, 4) is 0 Å². The summed E-state index contributed by atoms with van der Waals surface area (Å²) in [7, 11) is -1.84. The van der Waals surface area contributed by atoms with E-state index < -0.39 is 16.0 Å². The number of benzene rings is 1.